The normalized spacial score (nSPS) is 15.1. The fourth-order valence-electron chi connectivity index (χ4n) is 3.59. The molecule has 2 N–H and O–H groups in total. The number of ether oxygens (including phenoxy) is 1. The summed E-state index contributed by atoms with van der Waals surface area (Å²) in [5, 5.41) is 2.58. The van der Waals surface area contributed by atoms with E-state index in [0.717, 1.165) is 24.3 Å². The smallest absolute Gasteiger partial charge is 0.241 e. The highest BCUT2D eigenvalue weighted by atomic mass is 32.2. The van der Waals surface area contributed by atoms with Crippen LogP contribution in [0.2, 0.25) is 0 Å². The maximum Gasteiger partial charge on any atom is 0.241 e. The summed E-state index contributed by atoms with van der Waals surface area (Å²) in [5.41, 5.74) is 2.55. The van der Waals surface area contributed by atoms with Gasteiger partial charge in [-0.2, -0.15) is 4.72 Å². The first-order chi connectivity index (χ1) is 15.7. The first-order valence-electron chi connectivity index (χ1n) is 10.7. The highest BCUT2D eigenvalue weighted by Crippen LogP contribution is 2.18. The van der Waals surface area contributed by atoms with Crippen LogP contribution in [0.25, 0.3) is 0 Å². The molecule has 0 aromatic heterocycles. The Kier molecular flexibility index (Phi) is 8.06. The van der Waals surface area contributed by atoms with E-state index in [4.69, 9.17) is 4.74 Å². The average molecular weight is 475 g/mol. The summed E-state index contributed by atoms with van der Waals surface area (Å²) in [6.07, 6.45) is 0. The van der Waals surface area contributed by atoms with E-state index in [9.17, 15) is 18.0 Å². The number of anilines is 2. The van der Waals surface area contributed by atoms with E-state index in [2.05, 4.69) is 14.9 Å². The van der Waals surface area contributed by atoms with E-state index in [1.807, 2.05) is 24.3 Å². The quantitative estimate of drug-likeness (QED) is 0.604. The van der Waals surface area contributed by atoms with Gasteiger partial charge in [-0.25, -0.2) is 8.42 Å². The lowest BCUT2D eigenvalue weighted by atomic mass is 10.1. The topological polar surface area (TPSA) is 108 Å². The second-order valence-corrected chi connectivity index (χ2v) is 9.72. The number of hydrogen-bond acceptors (Lipinski definition) is 6. The van der Waals surface area contributed by atoms with Gasteiger partial charge in [-0.15, -0.1) is 0 Å². The van der Waals surface area contributed by atoms with Crippen LogP contribution in [0.3, 0.4) is 0 Å². The molecule has 9 nitrogen and oxygen atoms in total. The highest BCUT2D eigenvalue weighted by Gasteiger charge is 2.24. The summed E-state index contributed by atoms with van der Waals surface area (Å²) >= 11 is 0. The van der Waals surface area contributed by atoms with Gasteiger partial charge in [0.15, 0.2) is 0 Å². The van der Waals surface area contributed by atoms with Crippen molar-refractivity contribution in [3.05, 3.63) is 54.1 Å². The summed E-state index contributed by atoms with van der Waals surface area (Å²) in [6.45, 7) is 6.38. The molecule has 178 valence electrons. The Morgan fingerprint density at radius 1 is 1.06 bits per heavy atom. The number of hydrogen-bond donors (Lipinski definition) is 2. The Balaban J connectivity index is 1.57. The van der Waals surface area contributed by atoms with E-state index in [0.29, 0.717) is 25.4 Å². The minimum Gasteiger partial charge on any atom is -0.378 e. The summed E-state index contributed by atoms with van der Waals surface area (Å²) in [6, 6.07) is 12.8. The molecule has 1 aliphatic heterocycles. The molecule has 0 spiro atoms. The van der Waals surface area contributed by atoms with Crippen molar-refractivity contribution < 1.29 is 22.7 Å². The molecule has 0 radical (unpaired) electrons. The van der Waals surface area contributed by atoms with Crippen LogP contribution in [0.15, 0.2) is 53.4 Å². The number of carbonyl (C=O) groups is 2. The van der Waals surface area contributed by atoms with Crippen LogP contribution in [0, 0.1) is 0 Å². The number of nitrogens with zero attached hydrogens (tertiary/aromatic N) is 2. The molecule has 1 fully saturated rings. The predicted molar refractivity (Wildman–Crippen MR) is 126 cm³/mol. The number of benzene rings is 2. The third-order valence-corrected chi connectivity index (χ3v) is 6.85. The minimum atomic E-state index is -3.90. The second-order valence-electron chi connectivity index (χ2n) is 8.01. The van der Waals surface area contributed by atoms with E-state index in [1.54, 1.807) is 7.05 Å². The lowest BCUT2D eigenvalue weighted by molar-refractivity contribution is -0.131. The maximum atomic E-state index is 12.8. The number of carbonyl (C=O) groups excluding carboxylic acids is 2. The summed E-state index contributed by atoms with van der Waals surface area (Å²) in [4.78, 5) is 27.6. The van der Waals surface area contributed by atoms with Crippen molar-refractivity contribution in [1.82, 2.24) is 9.62 Å². The third-order valence-electron chi connectivity index (χ3n) is 5.30. The molecular formula is C23H30N4O5S. The molecule has 0 saturated carbocycles. The molecule has 0 unspecified atom stereocenters. The van der Waals surface area contributed by atoms with Crippen molar-refractivity contribution in [3.63, 3.8) is 0 Å². The zero-order valence-electron chi connectivity index (χ0n) is 19.1. The van der Waals surface area contributed by atoms with Gasteiger partial charge in [-0.3, -0.25) is 9.59 Å². The van der Waals surface area contributed by atoms with Gasteiger partial charge >= 0.3 is 0 Å². The standard InChI is InChI=1S/C23H30N4O5S/c1-17(25-33(30,31)22-10-6-20(7-11-22)24-18(2)28)23(29)26(3)16-19-4-8-21(9-5-19)27-12-14-32-15-13-27/h4-11,17,25H,12-16H2,1-3H3,(H,24,28)/t17-/m1/s1. The van der Waals surface area contributed by atoms with Crippen LogP contribution in [0.5, 0.6) is 0 Å². The summed E-state index contributed by atoms with van der Waals surface area (Å²) in [5.74, 6) is -0.590. The van der Waals surface area contributed by atoms with Crippen molar-refractivity contribution in [3.8, 4) is 0 Å². The second kappa shape index (κ2) is 10.8. The lowest BCUT2D eigenvalue weighted by Crippen LogP contribution is -2.45. The Hall–Kier alpha value is -2.95. The van der Waals surface area contributed by atoms with Crippen LogP contribution in [0.4, 0.5) is 11.4 Å². The zero-order chi connectivity index (χ0) is 24.0. The number of sulfonamides is 1. The first kappa shape index (κ1) is 24.7. The molecule has 10 heteroatoms. The SMILES string of the molecule is CC(=O)Nc1ccc(S(=O)(=O)N[C@H](C)C(=O)N(C)Cc2ccc(N3CCOCC3)cc2)cc1. The van der Waals surface area contributed by atoms with Crippen molar-refractivity contribution in [2.45, 2.75) is 31.3 Å². The maximum absolute atomic E-state index is 12.8. The summed E-state index contributed by atoms with van der Waals surface area (Å²) < 4.78 is 33.1. The molecule has 2 amide bonds. The fourth-order valence-corrected chi connectivity index (χ4v) is 4.78. The third kappa shape index (κ3) is 6.77. The summed E-state index contributed by atoms with van der Waals surface area (Å²) in [7, 11) is -2.26. The fraction of sp³-hybridized carbons (Fsp3) is 0.391. The molecule has 2 aromatic rings. The Labute approximate surface area is 194 Å². The van der Waals surface area contributed by atoms with E-state index < -0.39 is 16.1 Å². The number of morpholine rings is 1. The minimum absolute atomic E-state index is 0.0117. The Morgan fingerprint density at radius 2 is 1.67 bits per heavy atom. The van der Waals surface area contributed by atoms with Crippen LogP contribution in [-0.2, 0) is 30.9 Å². The van der Waals surface area contributed by atoms with Gasteiger partial charge < -0.3 is 19.9 Å². The number of rotatable bonds is 8. The van der Waals surface area contributed by atoms with Crippen molar-refractivity contribution in [1.29, 1.82) is 0 Å². The van der Waals surface area contributed by atoms with Gasteiger partial charge in [0.25, 0.3) is 0 Å². The number of likely N-dealkylation sites (N-methyl/N-ethyl adjacent to an activating group) is 1. The lowest BCUT2D eigenvalue weighted by Gasteiger charge is -2.29. The van der Waals surface area contributed by atoms with Gasteiger partial charge in [0.2, 0.25) is 21.8 Å². The highest BCUT2D eigenvalue weighted by molar-refractivity contribution is 7.89. The molecule has 1 heterocycles. The number of amides is 2. The molecular weight excluding hydrogens is 444 g/mol. The molecule has 1 aliphatic rings. The van der Waals surface area contributed by atoms with Gasteiger partial charge in [0, 0.05) is 45.0 Å². The van der Waals surface area contributed by atoms with E-state index in [-0.39, 0.29) is 16.7 Å². The van der Waals surface area contributed by atoms with Crippen molar-refractivity contribution >= 4 is 33.2 Å². The van der Waals surface area contributed by atoms with Crippen LogP contribution in [0.1, 0.15) is 19.4 Å². The van der Waals surface area contributed by atoms with E-state index >= 15 is 0 Å². The predicted octanol–water partition coefficient (Wildman–Crippen LogP) is 1.81. The molecule has 0 aliphatic carbocycles. The van der Waals surface area contributed by atoms with Gasteiger partial charge in [-0.05, 0) is 48.9 Å². The Morgan fingerprint density at radius 3 is 2.24 bits per heavy atom. The van der Waals surface area contributed by atoms with Crippen molar-refractivity contribution in [2.75, 3.05) is 43.6 Å². The molecule has 1 atom stereocenters. The van der Waals surface area contributed by atoms with Crippen LogP contribution < -0.4 is 14.9 Å². The van der Waals surface area contributed by atoms with Gasteiger partial charge in [0.05, 0.1) is 24.2 Å². The van der Waals surface area contributed by atoms with Gasteiger partial charge in [-0.1, -0.05) is 12.1 Å². The monoisotopic (exact) mass is 474 g/mol. The van der Waals surface area contributed by atoms with E-state index in [1.165, 1.54) is 43.0 Å². The molecule has 1 saturated heterocycles. The largest absolute Gasteiger partial charge is 0.378 e. The van der Waals surface area contributed by atoms with Crippen LogP contribution in [-0.4, -0.2) is 64.5 Å². The first-order valence-corrected chi connectivity index (χ1v) is 12.2. The molecule has 2 aromatic carbocycles. The molecule has 0 bridgehead atoms. The molecule has 33 heavy (non-hydrogen) atoms. The molecule has 3 rings (SSSR count). The zero-order valence-corrected chi connectivity index (χ0v) is 19.9. The number of nitrogens with one attached hydrogen (secondary N) is 2. The Bertz CT molecular complexity index is 1070. The average Bonchev–Trinajstić information content (AvgIpc) is 2.79. The van der Waals surface area contributed by atoms with Crippen LogP contribution >= 0.6 is 0 Å². The van der Waals surface area contributed by atoms with Crippen molar-refractivity contribution in [2.24, 2.45) is 0 Å². The van der Waals surface area contributed by atoms with Gasteiger partial charge in [0.1, 0.15) is 0 Å².